The molecule has 0 heterocycles. The highest BCUT2D eigenvalue weighted by atomic mass is 19.3. The zero-order valence-electron chi connectivity index (χ0n) is 18.8. The van der Waals surface area contributed by atoms with E-state index in [0.717, 1.165) is 34.4 Å². The van der Waals surface area contributed by atoms with Gasteiger partial charge in [-0.15, -0.1) is 0 Å². The first kappa shape index (κ1) is 25.5. The van der Waals surface area contributed by atoms with Gasteiger partial charge in [0.25, 0.3) is 0 Å². The fraction of sp³-hybridized carbons (Fsp3) is 0.269. The van der Waals surface area contributed by atoms with E-state index in [1.807, 2.05) is 48.5 Å². The van der Waals surface area contributed by atoms with Crippen LogP contribution in [-0.4, -0.2) is 48.1 Å². The van der Waals surface area contributed by atoms with Crippen LogP contribution in [0.2, 0.25) is 0 Å². The van der Waals surface area contributed by atoms with Gasteiger partial charge in [0.1, 0.15) is 24.6 Å². The van der Waals surface area contributed by atoms with Crippen molar-refractivity contribution in [2.24, 2.45) is 0 Å². The number of carbonyl (C=O) groups is 1. The van der Waals surface area contributed by atoms with E-state index in [1.54, 1.807) is 0 Å². The SMILES string of the molecule is O=C(NCC(O)C(O)c1cccc(OC(F)(F)C(F)F)c1)OCC1c2ccccc2-c2ccccc21. The van der Waals surface area contributed by atoms with Crippen LogP contribution in [0.4, 0.5) is 22.4 Å². The molecule has 1 aliphatic rings. The van der Waals surface area contributed by atoms with E-state index in [-0.39, 0.29) is 18.1 Å². The van der Waals surface area contributed by atoms with Gasteiger partial charge in [0.15, 0.2) is 0 Å². The summed E-state index contributed by atoms with van der Waals surface area (Å²) in [6.45, 7) is -0.369. The molecule has 3 aromatic carbocycles. The standard InChI is InChI=1S/C26H23F4NO5/c27-24(28)26(29,30)36-16-7-5-6-15(12-16)23(33)22(32)13-31-25(34)35-14-21-19-10-3-1-8-17(19)18-9-2-4-11-20(18)21/h1-12,21-24,32-33H,13-14H2,(H,31,34). The van der Waals surface area contributed by atoms with Crippen molar-refractivity contribution in [3.8, 4) is 16.9 Å². The molecule has 0 saturated carbocycles. The van der Waals surface area contributed by atoms with Gasteiger partial charge < -0.3 is 25.0 Å². The second-order valence-corrected chi connectivity index (χ2v) is 8.26. The minimum absolute atomic E-state index is 0.0518. The number of nitrogens with one attached hydrogen (secondary N) is 1. The number of fused-ring (bicyclic) bond motifs is 3. The zero-order valence-corrected chi connectivity index (χ0v) is 18.8. The molecule has 36 heavy (non-hydrogen) atoms. The Balaban J connectivity index is 1.32. The lowest BCUT2D eigenvalue weighted by molar-refractivity contribution is -0.253. The number of hydrogen-bond donors (Lipinski definition) is 3. The summed E-state index contributed by atoms with van der Waals surface area (Å²) in [6, 6.07) is 20.0. The van der Waals surface area contributed by atoms with Crippen LogP contribution in [0, 0.1) is 0 Å². The number of alkyl halides is 4. The first-order valence-corrected chi connectivity index (χ1v) is 11.1. The Bertz CT molecular complexity index is 1180. The molecular formula is C26H23F4NO5. The van der Waals surface area contributed by atoms with Gasteiger partial charge in [-0.2, -0.15) is 17.6 Å². The Morgan fingerprint density at radius 1 is 0.944 bits per heavy atom. The molecular weight excluding hydrogens is 482 g/mol. The van der Waals surface area contributed by atoms with Crippen LogP contribution in [0.15, 0.2) is 72.8 Å². The fourth-order valence-corrected chi connectivity index (χ4v) is 4.13. The number of halogens is 4. The van der Waals surface area contributed by atoms with Gasteiger partial charge in [-0.05, 0) is 39.9 Å². The van der Waals surface area contributed by atoms with Crippen molar-refractivity contribution in [1.82, 2.24) is 5.32 Å². The molecule has 0 radical (unpaired) electrons. The number of benzene rings is 3. The summed E-state index contributed by atoms with van der Waals surface area (Å²) in [6.07, 6.45) is -12.7. The van der Waals surface area contributed by atoms with Crippen LogP contribution in [0.1, 0.15) is 28.7 Å². The quantitative estimate of drug-likeness (QED) is 0.362. The molecule has 1 amide bonds. The topological polar surface area (TPSA) is 88.0 Å². The smallest absolute Gasteiger partial charge is 0.449 e. The van der Waals surface area contributed by atoms with Crippen molar-refractivity contribution in [3.05, 3.63) is 89.5 Å². The van der Waals surface area contributed by atoms with Gasteiger partial charge >= 0.3 is 18.6 Å². The molecule has 2 unspecified atom stereocenters. The third kappa shape index (κ3) is 5.44. The number of amides is 1. The minimum atomic E-state index is -4.71. The maximum absolute atomic E-state index is 13.1. The lowest BCUT2D eigenvalue weighted by Crippen LogP contribution is -2.36. The highest BCUT2D eigenvalue weighted by Gasteiger charge is 2.44. The third-order valence-corrected chi connectivity index (χ3v) is 5.87. The van der Waals surface area contributed by atoms with Crippen molar-refractivity contribution in [3.63, 3.8) is 0 Å². The fourth-order valence-electron chi connectivity index (χ4n) is 4.13. The summed E-state index contributed by atoms with van der Waals surface area (Å²) in [5.74, 6) is -0.777. The van der Waals surface area contributed by atoms with Crippen LogP contribution in [-0.2, 0) is 4.74 Å². The predicted molar refractivity (Wildman–Crippen MR) is 122 cm³/mol. The molecule has 6 nitrogen and oxygen atoms in total. The molecule has 3 aromatic rings. The maximum Gasteiger partial charge on any atom is 0.461 e. The summed E-state index contributed by atoms with van der Waals surface area (Å²) in [7, 11) is 0. The van der Waals surface area contributed by atoms with Gasteiger partial charge in [-0.3, -0.25) is 0 Å². The molecule has 0 saturated heterocycles. The monoisotopic (exact) mass is 505 g/mol. The molecule has 0 spiro atoms. The molecule has 0 fully saturated rings. The Kier molecular flexibility index (Phi) is 7.46. The summed E-state index contributed by atoms with van der Waals surface area (Å²) in [5.41, 5.74) is 4.12. The molecule has 1 aliphatic carbocycles. The minimum Gasteiger partial charge on any atom is -0.449 e. The molecule has 4 rings (SSSR count). The molecule has 2 atom stereocenters. The van der Waals surface area contributed by atoms with Gasteiger partial charge in [-0.1, -0.05) is 60.7 Å². The maximum atomic E-state index is 13.1. The Morgan fingerprint density at radius 3 is 2.17 bits per heavy atom. The van der Waals surface area contributed by atoms with Crippen LogP contribution < -0.4 is 10.1 Å². The van der Waals surface area contributed by atoms with E-state index in [9.17, 15) is 32.6 Å². The van der Waals surface area contributed by atoms with Crippen molar-refractivity contribution in [1.29, 1.82) is 0 Å². The number of rotatable bonds is 9. The van der Waals surface area contributed by atoms with Gasteiger partial charge in [0.2, 0.25) is 0 Å². The number of carbonyl (C=O) groups excluding carboxylic acids is 1. The molecule has 10 heteroatoms. The van der Waals surface area contributed by atoms with Gasteiger partial charge in [0, 0.05) is 12.5 Å². The molecule has 0 aliphatic heterocycles. The molecule has 0 bridgehead atoms. The number of alkyl carbamates (subject to hydrolysis) is 1. The first-order valence-electron chi connectivity index (χ1n) is 11.1. The average molecular weight is 505 g/mol. The Hall–Kier alpha value is -3.63. The van der Waals surface area contributed by atoms with E-state index in [4.69, 9.17) is 4.74 Å². The largest absolute Gasteiger partial charge is 0.461 e. The van der Waals surface area contributed by atoms with Crippen LogP contribution in [0.5, 0.6) is 5.75 Å². The summed E-state index contributed by atoms with van der Waals surface area (Å²) >= 11 is 0. The summed E-state index contributed by atoms with van der Waals surface area (Å²) < 4.78 is 60.3. The van der Waals surface area contributed by atoms with E-state index in [1.165, 1.54) is 12.1 Å². The second kappa shape index (κ2) is 10.5. The van der Waals surface area contributed by atoms with E-state index < -0.39 is 43.1 Å². The molecule has 0 aromatic heterocycles. The lowest BCUT2D eigenvalue weighted by Gasteiger charge is -2.21. The van der Waals surface area contributed by atoms with Crippen LogP contribution in [0.3, 0.4) is 0 Å². The van der Waals surface area contributed by atoms with Gasteiger partial charge in [0.05, 0.1) is 0 Å². The highest BCUT2D eigenvalue weighted by Crippen LogP contribution is 2.44. The molecule has 3 N–H and O–H groups in total. The lowest BCUT2D eigenvalue weighted by atomic mass is 9.98. The molecule has 190 valence electrons. The number of aliphatic hydroxyl groups excluding tert-OH is 2. The average Bonchev–Trinajstić information content (AvgIpc) is 3.19. The zero-order chi connectivity index (χ0) is 25.9. The van der Waals surface area contributed by atoms with Crippen LogP contribution in [0.25, 0.3) is 11.1 Å². The van der Waals surface area contributed by atoms with E-state index >= 15 is 0 Å². The van der Waals surface area contributed by atoms with E-state index in [2.05, 4.69) is 10.1 Å². The van der Waals surface area contributed by atoms with E-state index in [0.29, 0.717) is 0 Å². The van der Waals surface area contributed by atoms with Gasteiger partial charge in [-0.25, -0.2) is 4.79 Å². The van der Waals surface area contributed by atoms with Crippen molar-refractivity contribution in [2.45, 2.75) is 30.7 Å². The third-order valence-electron chi connectivity index (χ3n) is 5.87. The van der Waals surface area contributed by atoms with Crippen molar-refractivity contribution < 1.29 is 42.0 Å². The first-order chi connectivity index (χ1) is 17.2. The van der Waals surface area contributed by atoms with Crippen molar-refractivity contribution in [2.75, 3.05) is 13.2 Å². The Labute approximate surface area is 204 Å². The number of aliphatic hydroxyl groups is 2. The van der Waals surface area contributed by atoms with Crippen LogP contribution >= 0.6 is 0 Å². The predicted octanol–water partition coefficient (Wildman–Crippen LogP) is 4.86. The van der Waals surface area contributed by atoms with Crippen molar-refractivity contribution >= 4 is 6.09 Å². The summed E-state index contributed by atoms with van der Waals surface area (Å²) in [5, 5.41) is 22.9. The number of hydrogen-bond acceptors (Lipinski definition) is 5. The highest BCUT2D eigenvalue weighted by molar-refractivity contribution is 5.79. The summed E-state index contributed by atoms with van der Waals surface area (Å²) in [4.78, 5) is 12.3. The second-order valence-electron chi connectivity index (χ2n) is 8.26. The Morgan fingerprint density at radius 2 is 1.56 bits per heavy atom. The number of ether oxygens (including phenoxy) is 2. The normalized spacial score (nSPS) is 14.6.